The summed E-state index contributed by atoms with van der Waals surface area (Å²) in [6.07, 6.45) is 0.267. The molecule has 34 heavy (non-hydrogen) atoms. The van der Waals surface area contributed by atoms with E-state index in [-0.39, 0.29) is 35.7 Å². The summed E-state index contributed by atoms with van der Waals surface area (Å²) in [5.74, 6) is -8.19. The predicted molar refractivity (Wildman–Crippen MR) is 109 cm³/mol. The van der Waals surface area contributed by atoms with Crippen molar-refractivity contribution >= 4 is 29.4 Å². The van der Waals surface area contributed by atoms with Crippen LogP contribution in [-0.2, 0) is 30.4 Å². The van der Waals surface area contributed by atoms with Crippen LogP contribution in [0, 0.1) is 17.7 Å². The Labute approximate surface area is 191 Å². The number of fused-ring (bicyclic) bond motifs is 3. The number of ketones is 2. The highest BCUT2D eigenvalue weighted by atomic mass is 19.1. The van der Waals surface area contributed by atoms with E-state index >= 15 is 0 Å². The molecule has 1 saturated carbocycles. The zero-order valence-electron chi connectivity index (χ0n) is 18.0. The fourth-order valence-corrected chi connectivity index (χ4v) is 5.23. The molecule has 0 saturated heterocycles. The number of Topliss-reactive ketones (excluding diaryl/α,β-unsaturated/α-hetero) is 2. The lowest BCUT2D eigenvalue weighted by atomic mass is 9.57. The smallest absolute Gasteiger partial charge is 0.373 e. The average Bonchev–Trinajstić information content (AvgIpc) is 2.70. The number of carbonyl (C=O) groups excluding carboxylic acids is 5. The number of halogens is 1. The molecule has 6 N–H and O–H groups in total. The second-order valence-electron chi connectivity index (χ2n) is 8.50. The number of phenolic OH excluding ortho intramolecular Hbond substituents is 1. The number of aliphatic hydroxyl groups is 3. The predicted octanol–water partition coefficient (Wildman–Crippen LogP) is -0.480. The van der Waals surface area contributed by atoms with E-state index in [9.17, 15) is 39.2 Å². The highest BCUT2D eigenvalue weighted by molar-refractivity contribution is 6.24. The Hall–Kier alpha value is -3.86. The summed E-state index contributed by atoms with van der Waals surface area (Å²) in [6, 6.07) is 0.758. The standard InChI is InChI=1S/C21H21FN2O7.CO2/c1-24(2)15-10-5-8-3-7-4-9(22)6-11(25)12(7)16(26)13(8)18(28)21(10,31)19(29)14(17(15)27)20(23)30;2-1-3/h4,6,8,10,15,25-26,29,31H,3,5H2,1-2H3,(H2,23,30);/t8-,10-,15-,21-;/m0./s1. The molecule has 0 aromatic heterocycles. The first kappa shape index (κ1) is 24.8. The Bertz CT molecular complexity index is 1210. The highest BCUT2D eigenvalue weighted by Crippen LogP contribution is 2.52. The lowest BCUT2D eigenvalue weighted by Gasteiger charge is -2.50. The number of benzene rings is 1. The van der Waals surface area contributed by atoms with E-state index in [2.05, 4.69) is 0 Å². The molecule has 4 atom stereocenters. The van der Waals surface area contributed by atoms with Crippen molar-refractivity contribution in [1.82, 2.24) is 4.90 Å². The minimum Gasteiger partial charge on any atom is -0.508 e. The molecule has 1 aromatic rings. The number of nitrogens with zero attached hydrogens (tertiary/aromatic N) is 1. The van der Waals surface area contributed by atoms with Gasteiger partial charge in [-0.1, -0.05) is 0 Å². The van der Waals surface area contributed by atoms with Crippen molar-refractivity contribution in [2.75, 3.05) is 14.1 Å². The number of nitrogens with two attached hydrogens (primary N) is 1. The number of amides is 1. The number of aromatic hydroxyl groups is 1. The number of phenols is 1. The summed E-state index contributed by atoms with van der Waals surface area (Å²) >= 11 is 0. The number of primary amides is 1. The van der Waals surface area contributed by atoms with Gasteiger partial charge in [-0.3, -0.25) is 19.3 Å². The monoisotopic (exact) mass is 476 g/mol. The maximum absolute atomic E-state index is 13.8. The van der Waals surface area contributed by atoms with E-state index in [0.29, 0.717) is 0 Å². The van der Waals surface area contributed by atoms with Gasteiger partial charge in [0.15, 0.2) is 11.4 Å². The summed E-state index contributed by atoms with van der Waals surface area (Å²) in [5.41, 5.74) is 1.55. The van der Waals surface area contributed by atoms with Crippen LogP contribution in [0.5, 0.6) is 5.75 Å². The molecule has 0 bridgehead atoms. The van der Waals surface area contributed by atoms with E-state index in [4.69, 9.17) is 15.3 Å². The van der Waals surface area contributed by atoms with Gasteiger partial charge in [0, 0.05) is 17.6 Å². The van der Waals surface area contributed by atoms with Crippen molar-refractivity contribution < 1.29 is 48.8 Å². The Balaban J connectivity index is 0.00000103. The van der Waals surface area contributed by atoms with Gasteiger partial charge < -0.3 is 26.2 Å². The molecule has 0 aliphatic heterocycles. The molecule has 0 heterocycles. The van der Waals surface area contributed by atoms with Gasteiger partial charge in [0.25, 0.3) is 5.91 Å². The number of carbonyl (C=O) groups is 3. The maximum atomic E-state index is 13.8. The fraction of sp³-hybridized carbons (Fsp3) is 0.364. The Morgan fingerprint density at radius 2 is 1.79 bits per heavy atom. The molecule has 0 spiro atoms. The molecule has 3 aliphatic rings. The summed E-state index contributed by atoms with van der Waals surface area (Å²) in [7, 11) is 3.03. The number of hydrogen-bond donors (Lipinski definition) is 5. The molecular formula is C22H21FN2O9. The third-order valence-electron chi connectivity index (χ3n) is 6.49. The third kappa shape index (κ3) is 3.39. The summed E-state index contributed by atoms with van der Waals surface area (Å²) in [6.45, 7) is 0. The van der Waals surface area contributed by atoms with Gasteiger partial charge in [-0.25, -0.2) is 4.39 Å². The Kier molecular flexibility index (Phi) is 6.19. The van der Waals surface area contributed by atoms with Crippen molar-refractivity contribution in [1.29, 1.82) is 0 Å². The number of aliphatic hydroxyl groups excluding tert-OH is 2. The lowest BCUT2D eigenvalue weighted by Crippen LogP contribution is -2.65. The van der Waals surface area contributed by atoms with Gasteiger partial charge in [0.2, 0.25) is 5.78 Å². The number of hydrogen-bond acceptors (Lipinski definition) is 10. The number of rotatable bonds is 2. The van der Waals surface area contributed by atoms with Crippen LogP contribution in [0.15, 0.2) is 29.0 Å². The van der Waals surface area contributed by atoms with Crippen LogP contribution < -0.4 is 5.73 Å². The van der Waals surface area contributed by atoms with Crippen LogP contribution in [-0.4, -0.2) is 74.7 Å². The van der Waals surface area contributed by atoms with E-state index < -0.39 is 69.6 Å². The molecule has 4 rings (SSSR count). The SMILES string of the molecule is CN(C)[C@@H]1C(=O)C(C(N)=O)=C(O)[C@@]2(O)C(=O)C3=C(O)c4c(O)cc(F)cc4C[C@H]3C[C@@H]12.O=C=O. The highest BCUT2D eigenvalue weighted by Gasteiger charge is 2.64. The van der Waals surface area contributed by atoms with Crippen LogP contribution in [0.1, 0.15) is 17.5 Å². The van der Waals surface area contributed by atoms with Gasteiger partial charge in [0.1, 0.15) is 28.7 Å². The molecule has 0 radical (unpaired) electrons. The molecular weight excluding hydrogens is 455 g/mol. The molecule has 180 valence electrons. The van der Waals surface area contributed by atoms with Crippen molar-refractivity contribution in [2.24, 2.45) is 17.6 Å². The molecule has 1 aromatic carbocycles. The van der Waals surface area contributed by atoms with Crippen LogP contribution in [0.4, 0.5) is 4.39 Å². The largest absolute Gasteiger partial charge is 0.508 e. The molecule has 1 amide bonds. The third-order valence-corrected chi connectivity index (χ3v) is 6.49. The Morgan fingerprint density at radius 3 is 2.32 bits per heavy atom. The van der Waals surface area contributed by atoms with Crippen molar-refractivity contribution in [3.63, 3.8) is 0 Å². The summed E-state index contributed by atoms with van der Waals surface area (Å²) in [4.78, 5) is 55.9. The molecule has 0 unspecified atom stereocenters. The molecule has 3 aliphatic carbocycles. The molecule has 12 heteroatoms. The van der Waals surface area contributed by atoms with Crippen LogP contribution in [0.3, 0.4) is 0 Å². The van der Waals surface area contributed by atoms with Crippen LogP contribution >= 0.6 is 0 Å². The topological polar surface area (TPSA) is 196 Å². The zero-order chi connectivity index (χ0) is 25.7. The zero-order valence-corrected chi connectivity index (χ0v) is 18.0. The molecule has 11 nitrogen and oxygen atoms in total. The first-order chi connectivity index (χ1) is 15.8. The van der Waals surface area contributed by atoms with Crippen LogP contribution in [0.2, 0.25) is 0 Å². The maximum Gasteiger partial charge on any atom is 0.373 e. The number of likely N-dealkylation sites (N-methyl/N-ethyl adjacent to an activating group) is 1. The van der Waals surface area contributed by atoms with Gasteiger partial charge >= 0.3 is 6.15 Å². The van der Waals surface area contributed by atoms with Gasteiger partial charge in [-0.2, -0.15) is 9.59 Å². The van der Waals surface area contributed by atoms with E-state index in [1.807, 2.05) is 0 Å². The van der Waals surface area contributed by atoms with Crippen molar-refractivity contribution in [3.05, 3.63) is 46.0 Å². The van der Waals surface area contributed by atoms with Crippen LogP contribution in [0.25, 0.3) is 5.76 Å². The first-order valence-electron chi connectivity index (χ1n) is 9.98. The summed E-state index contributed by atoms with van der Waals surface area (Å²) < 4.78 is 13.8. The minimum atomic E-state index is -2.68. The molecule has 1 fully saturated rings. The van der Waals surface area contributed by atoms with Crippen molar-refractivity contribution in [3.8, 4) is 5.75 Å². The van der Waals surface area contributed by atoms with E-state index in [1.165, 1.54) is 19.0 Å². The fourth-order valence-electron chi connectivity index (χ4n) is 5.23. The van der Waals surface area contributed by atoms with Gasteiger partial charge in [-0.15, -0.1) is 0 Å². The normalized spacial score (nSPS) is 27.9. The lowest BCUT2D eigenvalue weighted by molar-refractivity contribution is -0.191. The first-order valence-corrected chi connectivity index (χ1v) is 9.98. The second-order valence-corrected chi connectivity index (χ2v) is 8.50. The van der Waals surface area contributed by atoms with E-state index in [0.717, 1.165) is 12.1 Å². The van der Waals surface area contributed by atoms with Gasteiger partial charge in [-0.05, 0) is 44.5 Å². The van der Waals surface area contributed by atoms with E-state index in [1.54, 1.807) is 0 Å². The average molecular weight is 476 g/mol. The summed E-state index contributed by atoms with van der Waals surface area (Å²) in [5, 5.41) is 43.0. The quantitative estimate of drug-likeness (QED) is 0.348. The minimum absolute atomic E-state index is 0.0387. The Morgan fingerprint density at radius 1 is 1.21 bits per heavy atom. The second kappa shape index (κ2) is 8.49. The van der Waals surface area contributed by atoms with Gasteiger partial charge in [0.05, 0.1) is 11.6 Å². The van der Waals surface area contributed by atoms with Crippen molar-refractivity contribution in [2.45, 2.75) is 24.5 Å².